The minimum atomic E-state index is -0.690. The lowest BCUT2D eigenvalue weighted by Crippen LogP contribution is -2.07. The van der Waals surface area contributed by atoms with E-state index >= 15 is 0 Å². The van der Waals surface area contributed by atoms with Crippen molar-refractivity contribution in [3.8, 4) is 17.6 Å². The molecule has 0 amide bonds. The van der Waals surface area contributed by atoms with Crippen molar-refractivity contribution in [2.24, 2.45) is 5.73 Å². The second-order valence-electron chi connectivity index (χ2n) is 5.17. The number of benzene rings is 1. The van der Waals surface area contributed by atoms with E-state index in [9.17, 15) is 20.2 Å². The smallest absolute Gasteiger partial charge is 0.358 e. The van der Waals surface area contributed by atoms with E-state index in [1.54, 1.807) is 0 Å². The summed E-state index contributed by atoms with van der Waals surface area (Å²) in [5.41, 5.74) is 5.68. The summed E-state index contributed by atoms with van der Waals surface area (Å²) in [6.07, 6.45) is 2.30. The van der Waals surface area contributed by atoms with Crippen molar-refractivity contribution in [3.05, 3.63) is 51.6 Å². The molecule has 144 valence electrons. The minimum absolute atomic E-state index is 0.0520. The maximum atomic E-state index is 11.4. The maximum Gasteiger partial charge on any atom is 0.358 e. The number of nitriles is 1. The highest BCUT2D eigenvalue weighted by Gasteiger charge is 2.23. The van der Waals surface area contributed by atoms with Crippen molar-refractivity contribution in [1.82, 2.24) is 9.97 Å². The van der Waals surface area contributed by atoms with Gasteiger partial charge in [0, 0.05) is 11.6 Å². The fourth-order valence-electron chi connectivity index (χ4n) is 2.30. The number of ether oxygens (including phenoxy) is 3. The third-order valence-corrected chi connectivity index (χ3v) is 3.65. The van der Waals surface area contributed by atoms with Gasteiger partial charge in [0.05, 0.1) is 44.3 Å². The quantitative estimate of drug-likeness (QED) is 0.334. The Hall–Kier alpha value is -4.20. The summed E-state index contributed by atoms with van der Waals surface area (Å²) < 4.78 is 14.7. The summed E-state index contributed by atoms with van der Waals surface area (Å²) >= 11 is 0. The first-order valence-electron chi connectivity index (χ1n) is 7.59. The third kappa shape index (κ3) is 3.80. The van der Waals surface area contributed by atoms with Gasteiger partial charge in [-0.2, -0.15) is 5.26 Å². The van der Waals surface area contributed by atoms with Gasteiger partial charge in [0.15, 0.2) is 11.4 Å². The number of nitrogens with zero attached hydrogens (tertiary/aromatic N) is 4. The van der Waals surface area contributed by atoms with Gasteiger partial charge in [-0.05, 0) is 6.07 Å². The number of nitro groups is 1. The number of aromatic nitrogens is 2. The van der Waals surface area contributed by atoms with Crippen molar-refractivity contribution < 1.29 is 23.9 Å². The van der Waals surface area contributed by atoms with E-state index in [0.717, 1.165) is 12.3 Å². The Morgan fingerprint density at radius 3 is 2.29 bits per heavy atom. The topological polar surface area (TPSA) is 163 Å². The van der Waals surface area contributed by atoms with Crippen molar-refractivity contribution in [2.45, 2.75) is 0 Å². The number of hydrogen-bond donors (Lipinski definition) is 1. The van der Waals surface area contributed by atoms with Crippen LogP contribution >= 0.6 is 0 Å². The lowest BCUT2D eigenvalue weighted by molar-refractivity contribution is -0.385. The fourth-order valence-corrected chi connectivity index (χ4v) is 2.30. The lowest BCUT2D eigenvalue weighted by Gasteiger charge is -2.11. The SMILES string of the molecule is COC(=O)c1cnc(C(C#N)=C(N)c2cc(OC)c(OC)c([N+](=O)[O-])c2)cn1. The summed E-state index contributed by atoms with van der Waals surface area (Å²) in [5.74, 6) is -0.700. The predicted molar refractivity (Wildman–Crippen MR) is 96.2 cm³/mol. The molecule has 1 aromatic heterocycles. The highest BCUT2D eigenvalue weighted by Crippen LogP contribution is 2.39. The van der Waals surface area contributed by atoms with Crippen LogP contribution in [0.25, 0.3) is 11.3 Å². The number of methoxy groups -OCH3 is 3. The van der Waals surface area contributed by atoms with Gasteiger partial charge < -0.3 is 19.9 Å². The number of nitrogens with two attached hydrogens (primary N) is 1. The number of hydrogen-bond acceptors (Lipinski definition) is 10. The first-order valence-corrected chi connectivity index (χ1v) is 7.59. The first kappa shape index (κ1) is 20.1. The van der Waals surface area contributed by atoms with E-state index in [1.165, 1.54) is 33.6 Å². The Balaban J connectivity index is 2.63. The van der Waals surface area contributed by atoms with Crippen LogP contribution < -0.4 is 15.2 Å². The molecule has 0 saturated carbocycles. The molecule has 0 fully saturated rings. The molecular formula is C17H15N5O6. The van der Waals surface area contributed by atoms with Gasteiger partial charge in [-0.15, -0.1) is 0 Å². The van der Waals surface area contributed by atoms with Gasteiger partial charge in [-0.25, -0.2) is 9.78 Å². The Kier molecular flexibility index (Phi) is 6.07. The van der Waals surface area contributed by atoms with Crippen LogP contribution in [0.15, 0.2) is 24.5 Å². The van der Waals surface area contributed by atoms with Crippen LogP contribution in [-0.4, -0.2) is 42.2 Å². The number of carbonyl (C=O) groups excluding carboxylic acids is 1. The van der Waals surface area contributed by atoms with Crippen LogP contribution in [0.4, 0.5) is 5.69 Å². The average Bonchev–Trinajstić information content (AvgIpc) is 2.72. The molecule has 11 nitrogen and oxygen atoms in total. The summed E-state index contributed by atoms with van der Waals surface area (Å²) in [6.45, 7) is 0. The highest BCUT2D eigenvalue weighted by atomic mass is 16.6. The lowest BCUT2D eigenvalue weighted by atomic mass is 10.0. The predicted octanol–water partition coefficient (Wildman–Crippen LogP) is 1.54. The molecule has 0 aliphatic heterocycles. The van der Waals surface area contributed by atoms with Crippen molar-refractivity contribution in [2.75, 3.05) is 21.3 Å². The number of esters is 1. The molecule has 2 rings (SSSR count). The van der Waals surface area contributed by atoms with Gasteiger partial charge in [-0.1, -0.05) is 0 Å². The Labute approximate surface area is 159 Å². The Bertz CT molecular complexity index is 994. The molecule has 2 aromatic rings. The molecule has 0 radical (unpaired) electrons. The van der Waals surface area contributed by atoms with Crippen molar-refractivity contribution in [1.29, 1.82) is 5.26 Å². The van der Waals surface area contributed by atoms with E-state index < -0.39 is 10.9 Å². The first-order chi connectivity index (χ1) is 13.4. The van der Waals surface area contributed by atoms with E-state index in [-0.39, 0.29) is 45.4 Å². The zero-order valence-corrected chi connectivity index (χ0v) is 15.1. The molecule has 0 aliphatic rings. The molecule has 0 saturated heterocycles. The van der Waals surface area contributed by atoms with Crippen LogP contribution in [-0.2, 0) is 4.74 Å². The summed E-state index contributed by atoms with van der Waals surface area (Å²) in [7, 11) is 3.77. The van der Waals surface area contributed by atoms with Gasteiger partial charge >= 0.3 is 11.7 Å². The molecule has 0 spiro atoms. The molecule has 0 bridgehead atoms. The van der Waals surface area contributed by atoms with E-state index in [0.29, 0.717) is 0 Å². The van der Waals surface area contributed by atoms with Crippen LogP contribution in [0, 0.1) is 21.4 Å². The molecule has 0 aliphatic carbocycles. The molecule has 11 heteroatoms. The molecule has 28 heavy (non-hydrogen) atoms. The third-order valence-electron chi connectivity index (χ3n) is 3.65. The zero-order chi connectivity index (χ0) is 20.8. The number of carbonyl (C=O) groups is 1. The largest absolute Gasteiger partial charge is 0.493 e. The maximum absolute atomic E-state index is 11.4. The second kappa shape index (κ2) is 8.45. The van der Waals surface area contributed by atoms with Gasteiger partial charge in [0.1, 0.15) is 17.3 Å². The van der Waals surface area contributed by atoms with E-state index in [1.807, 2.05) is 6.07 Å². The number of rotatable bonds is 6. The minimum Gasteiger partial charge on any atom is -0.493 e. The normalized spacial score (nSPS) is 11.1. The van der Waals surface area contributed by atoms with Crippen LogP contribution in [0.3, 0.4) is 0 Å². The fraction of sp³-hybridized carbons (Fsp3) is 0.176. The van der Waals surface area contributed by atoms with E-state index in [2.05, 4.69) is 14.7 Å². The summed E-state index contributed by atoms with van der Waals surface area (Å²) in [6, 6.07) is 4.44. The molecule has 2 N–H and O–H groups in total. The van der Waals surface area contributed by atoms with Gasteiger partial charge in [0.2, 0.25) is 5.75 Å². The van der Waals surface area contributed by atoms with Gasteiger partial charge in [0.25, 0.3) is 0 Å². The summed E-state index contributed by atoms with van der Waals surface area (Å²) in [5, 5.41) is 20.8. The van der Waals surface area contributed by atoms with Crippen LogP contribution in [0.1, 0.15) is 21.7 Å². The van der Waals surface area contributed by atoms with Crippen molar-refractivity contribution >= 4 is 22.9 Å². The molecular weight excluding hydrogens is 370 g/mol. The zero-order valence-electron chi connectivity index (χ0n) is 15.1. The molecule has 0 atom stereocenters. The van der Waals surface area contributed by atoms with Crippen molar-refractivity contribution in [3.63, 3.8) is 0 Å². The second-order valence-corrected chi connectivity index (χ2v) is 5.17. The molecule has 1 aromatic carbocycles. The monoisotopic (exact) mass is 385 g/mol. The average molecular weight is 385 g/mol. The Morgan fingerprint density at radius 2 is 1.82 bits per heavy atom. The number of allylic oxidation sites excluding steroid dienone is 1. The standard InChI is InChI=1S/C17H15N5O6/c1-26-14-5-9(4-13(22(24)25)16(14)27-2)15(19)10(6-18)11-7-21-12(8-20-11)17(23)28-3/h4-5,7-8H,19H2,1-3H3. The van der Waals surface area contributed by atoms with E-state index in [4.69, 9.17) is 15.2 Å². The van der Waals surface area contributed by atoms with Crippen LogP contribution in [0.5, 0.6) is 11.5 Å². The van der Waals surface area contributed by atoms with Gasteiger partial charge in [-0.3, -0.25) is 15.1 Å². The number of nitro benzene ring substituents is 1. The summed E-state index contributed by atoms with van der Waals surface area (Å²) in [4.78, 5) is 30.0. The molecule has 0 unspecified atom stereocenters. The highest BCUT2D eigenvalue weighted by molar-refractivity contribution is 5.96. The Morgan fingerprint density at radius 1 is 1.18 bits per heavy atom. The van der Waals surface area contributed by atoms with Crippen LogP contribution in [0.2, 0.25) is 0 Å². The molecule has 1 heterocycles.